The van der Waals surface area contributed by atoms with Crippen LogP contribution in [-0.4, -0.2) is 35.9 Å². The predicted molar refractivity (Wildman–Crippen MR) is 77.6 cm³/mol. The SMILES string of the molecule is Cc1cc(C)c(C(=O)NCC2(O)CCOC2C)cc1N. The lowest BCUT2D eigenvalue weighted by atomic mass is 9.96. The van der Waals surface area contributed by atoms with Gasteiger partial charge in [0.25, 0.3) is 5.91 Å². The Kier molecular flexibility index (Phi) is 4.01. The average Bonchev–Trinajstić information content (AvgIpc) is 2.72. The van der Waals surface area contributed by atoms with Gasteiger partial charge in [-0.1, -0.05) is 6.07 Å². The highest BCUT2D eigenvalue weighted by molar-refractivity contribution is 5.96. The van der Waals surface area contributed by atoms with Gasteiger partial charge in [0.05, 0.1) is 6.10 Å². The van der Waals surface area contributed by atoms with E-state index < -0.39 is 5.60 Å². The summed E-state index contributed by atoms with van der Waals surface area (Å²) in [5.41, 5.74) is 7.82. The van der Waals surface area contributed by atoms with Gasteiger partial charge in [-0.15, -0.1) is 0 Å². The van der Waals surface area contributed by atoms with Crippen molar-refractivity contribution in [1.29, 1.82) is 0 Å². The number of carbonyl (C=O) groups is 1. The molecule has 20 heavy (non-hydrogen) atoms. The van der Waals surface area contributed by atoms with Crippen LogP contribution < -0.4 is 11.1 Å². The highest BCUT2D eigenvalue weighted by Crippen LogP contribution is 2.25. The first-order valence-corrected chi connectivity index (χ1v) is 6.82. The van der Waals surface area contributed by atoms with Crippen molar-refractivity contribution in [3.8, 4) is 0 Å². The fourth-order valence-corrected chi connectivity index (χ4v) is 2.45. The number of anilines is 1. The number of nitrogens with one attached hydrogen (secondary N) is 1. The quantitative estimate of drug-likeness (QED) is 0.724. The maximum absolute atomic E-state index is 12.2. The molecule has 1 aliphatic heterocycles. The molecule has 1 heterocycles. The number of amides is 1. The summed E-state index contributed by atoms with van der Waals surface area (Å²) in [4.78, 5) is 12.2. The van der Waals surface area contributed by atoms with Gasteiger partial charge < -0.3 is 20.9 Å². The number of benzene rings is 1. The van der Waals surface area contributed by atoms with E-state index in [2.05, 4.69) is 5.32 Å². The van der Waals surface area contributed by atoms with Gasteiger partial charge in [-0.2, -0.15) is 0 Å². The van der Waals surface area contributed by atoms with E-state index in [-0.39, 0.29) is 18.6 Å². The van der Waals surface area contributed by atoms with Crippen molar-refractivity contribution in [2.45, 2.75) is 38.9 Å². The number of aryl methyl sites for hydroxylation is 2. The fourth-order valence-electron chi connectivity index (χ4n) is 2.45. The van der Waals surface area contributed by atoms with Gasteiger partial charge in [-0.3, -0.25) is 4.79 Å². The van der Waals surface area contributed by atoms with Gasteiger partial charge in [0.2, 0.25) is 0 Å². The Labute approximate surface area is 119 Å². The number of nitrogens with two attached hydrogens (primary N) is 1. The Morgan fingerprint density at radius 1 is 1.50 bits per heavy atom. The lowest BCUT2D eigenvalue weighted by Crippen LogP contribution is -2.47. The number of nitrogen functional groups attached to an aromatic ring is 1. The summed E-state index contributed by atoms with van der Waals surface area (Å²) in [5.74, 6) is -0.221. The fraction of sp³-hybridized carbons (Fsp3) is 0.533. The van der Waals surface area contributed by atoms with Crippen LogP contribution in [0.25, 0.3) is 0 Å². The first-order chi connectivity index (χ1) is 9.33. The monoisotopic (exact) mass is 278 g/mol. The molecule has 1 saturated heterocycles. The Morgan fingerprint density at radius 3 is 2.80 bits per heavy atom. The highest BCUT2D eigenvalue weighted by Gasteiger charge is 2.39. The van der Waals surface area contributed by atoms with Crippen molar-refractivity contribution < 1.29 is 14.6 Å². The van der Waals surface area contributed by atoms with Crippen LogP contribution in [0.1, 0.15) is 34.8 Å². The second-order valence-electron chi connectivity index (χ2n) is 5.57. The molecule has 5 nitrogen and oxygen atoms in total. The largest absolute Gasteiger partial charge is 0.398 e. The van der Waals surface area contributed by atoms with Crippen molar-refractivity contribution in [2.24, 2.45) is 0 Å². The third-order valence-electron chi connectivity index (χ3n) is 4.07. The van der Waals surface area contributed by atoms with Crippen LogP contribution in [0, 0.1) is 13.8 Å². The first kappa shape index (κ1) is 14.8. The number of aliphatic hydroxyl groups is 1. The van der Waals surface area contributed by atoms with Gasteiger partial charge in [0, 0.05) is 30.8 Å². The molecular weight excluding hydrogens is 256 g/mol. The van der Waals surface area contributed by atoms with Crippen molar-refractivity contribution in [2.75, 3.05) is 18.9 Å². The van der Waals surface area contributed by atoms with E-state index in [1.165, 1.54) is 0 Å². The van der Waals surface area contributed by atoms with Crippen molar-refractivity contribution in [3.05, 3.63) is 28.8 Å². The zero-order valence-electron chi connectivity index (χ0n) is 12.2. The Bertz CT molecular complexity index is 530. The van der Waals surface area contributed by atoms with Gasteiger partial charge in [0.1, 0.15) is 5.60 Å². The molecule has 4 N–H and O–H groups in total. The van der Waals surface area contributed by atoms with E-state index in [0.29, 0.717) is 24.3 Å². The number of hydrogen-bond acceptors (Lipinski definition) is 4. The molecule has 0 aliphatic carbocycles. The maximum atomic E-state index is 12.2. The summed E-state index contributed by atoms with van der Waals surface area (Å²) in [6, 6.07) is 3.57. The summed E-state index contributed by atoms with van der Waals surface area (Å²) in [6.45, 7) is 6.29. The molecule has 2 rings (SSSR count). The van der Waals surface area contributed by atoms with Crippen molar-refractivity contribution in [3.63, 3.8) is 0 Å². The van der Waals surface area contributed by atoms with Crippen LogP contribution in [0.3, 0.4) is 0 Å². The van der Waals surface area contributed by atoms with Gasteiger partial charge in [-0.05, 0) is 38.0 Å². The molecule has 1 aromatic carbocycles. The molecule has 0 radical (unpaired) electrons. The first-order valence-electron chi connectivity index (χ1n) is 6.82. The zero-order valence-corrected chi connectivity index (χ0v) is 12.2. The van der Waals surface area contributed by atoms with Gasteiger partial charge in [0.15, 0.2) is 0 Å². The number of carbonyl (C=O) groups excluding carboxylic acids is 1. The van der Waals surface area contributed by atoms with E-state index in [1.807, 2.05) is 26.8 Å². The molecule has 0 spiro atoms. The summed E-state index contributed by atoms with van der Waals surface area (Å²) in [5, 5.41) is 13.1. The van der Waals surface area contributed by atoms with E-state index in [9.17, 15) is 9.90 Å². The van der Waals surface area contributed by atoms with Gasteiger partial charge >= 0.3 is 0 Å². The Balaban J connectivity index is 2.08. The average molecular weight is 278 g/mol. The van der Waals surface area contributed by atoms with Crippen LogP contribution in [-0.2, 0) is 4.74 Å². The Morgan fingerprint density at radius 2 is 2.20 bits per heavy atom. The normalized spacial score (nSPS) is 25.7. The standard InChI is InChI=1S/C15H22N2O3/c1-9-6-10(2)13(16)7-12(9)14(18)17-8-15(19)4-5-20-11(15)3/h6-7,11,19H,4-5,8,16H2,1-3H3,(H,17,18). The number of hydrogen-bond donors (Lipinski definition) is 3. The van der Waals surface area contributed by atoms with E-state index in [0.717, 1.165) is 11.1 Å². The second-order valence-corrected chi connectivity index (χ2v) is 5.57. The van der Waals surface area contributed by atoms with Crippen LogP contribution in [0.5, 0.6) is 0 Å². The summed E-state index contributed by atoms with van der Waals surface area (Å²) in [6.07, 6.45) is 0.260. The molecule has 0 bridgehead atoms. The molecule has 0 saturated carbocycles. The van der Waals surface area contributed by atoms with Crippen molar-refractivity contribution in [1.82, 2.24) is 5.32 Å². The molecule has 1 aliphatic rings. The molecule has 0 aromatic heterocycles. The summed E-state index contributed by atoms with van der Waals surface area (Å²) in [7, 11) is 0. The second kappa shape index (κ2) is 5.42. The third kappa shape index (κ3) is 2.78. The molecule has 1 aromatic rings. The molecule has 1 amide bonds. The smallest absolute Gasteiger partial charge is 0.251 e. The van der Waals surface area contributed by atoms with E-state index >= 15 is 0 Å². The highest BCUT2D eigenvalue weighted by atomic mass is 16.5. The summed E-state index contributed by atoms with van der Waals surface area (Å²) >= 11 is 0. The molecule has 1 fully saturated rings. The Hall–Kier alpha value is -1.59. The number of ether oxygens (including phenoxy) is 1. The number of rotatable bonds is 3. The molecular formula is C15H22N2O3. The molecule has 2 unspecified atom stereocenters. The molecule has 5 heteroatoms. The zero-order chi connectivity index (χ0) is 14.9. The predicted octanol–water partition coefficient (Wildman–Crippen LogP) is 1.16. The molecule has 2 atom stereocenters. The van der Waals surface area contributed by atoms with Crippen molar-refractivity contribution >= 4 is 11.6 Å². The minimum absolute atomic E-state index is 0.181. The summed E-state index contributed by atoms with van der Waals surface area (Å²) < 4.78 is 5.34. The van der Waals surface area contributed by atoms with Crippen LogP contribution >= 0.6 is 0 Å². The van der Waals surface area contributed by atoms with Crippen LogP contribution in [0.4, 0.5) is 5.69 Å². The van der Waals surface area contributed by atoms with Crippen LogP contribution in [0.15, 0.2) is 12.1 Å². The maximum Gasteiger partial charge on any atom is 0.251 e. The minimum Gasteiger partial charge on any atom is -0.398 e. The van der Waals surface area contributed by atoms with E-state index in [1.54, 1.807) is 6.07 Å². The lowest BCUT2D eigenvalue weighted by Gasteiger charge is -2.26. The minimum atomic E-state index is -0.986. The third-order valence-corrected chi connectivity index (χ3v) is 4.07. The van der Waals surface area contributed by atoms with E-state index in [4.69, 9.17) is 10.5 Å². The molecule has 110 valence electrons. The lowest BCUT2D eigenvalue weighted by molar-refractivity contribution is -0.0251. The topological polar surface area (TPSA) is 84.6 Å². The van der Waals surface area contributed by atoms with Gasteiger partial charge in [-0.25, -0.2) is 0 Å². The van der Waals surface area contributed by atoms with Crippen LogP contribution in [0.2, 0.25) is 0 Å².